The number of benzene rings is 2. The van der Waals surface area contributed by atoms with Crippen LogP contribution in [0.3, 0.4) is 0 Å². The standard InChI is InChI=1S/C23H19ClN4O2/c1-16-26-12-13-28(16)23-27-22(18-6-8-19(24)9-7-18)21(30-23)3-2-14-29-20-10-4-17(15-25)5-11-20/h4-13H,2-3,14H2,1H3. The summed E-state index contributed by atoms with van der Waals surface area (Å²) in [6, 6.07) is 17.2. The summed E-state index contributed by atoms with van der Waals surface area (Å²) < 4.78 is 13.7. The quantitative estimate of drug-likeness (QED) is 0.377. The van der Waals surface area contributed by atoms with E-state index in [0.717, 1.165) is 35.0 Å². The molecule has 0 atom stereocenters. The first-order chi connectivity index (χ1) is 14.6. The monoisotopic (exact) mass is 418 g/mol. The first kappa shape index (κ1) is 19.7. The fraction of sp³-hybridized carbons (Fsp3) is 0.174. The first-order valence-corrected chi connectivity index (χ1v) is 9.91. The summed E-state index contributed by atoms with van der Waals surface area (Å²) >= 11 is 6.04. The SMILES string of the molecule is Cc1nccn1-c1nc(-c2ccc(Cl)cc2)c(CCCOc2ccc(C#N)cc2)o1. The van der Waals surface area contributed by atoms with E-state index in [0.29, 0.717) is 29.6 Å². The molecule has 0 saturated heterocycles. The summed E-state index contributed by atoms with van der Waals surface area (Å²) in [5.74, 6) is 2.32. The normalized spacial score (nSPS) is 10.7. The highest BCUT2D eigenvalue weighted by Crippen LogP contribution is 2.28. The number of aromatic nitrogens is 3. The molecule has 0 fully saturated rings. The Morgan fingerprint density at radius 3 is 2.57 bits per heavy atom. The van der Waals surface area contributed by atoms with Crippen LogP contribution in [0, 0.1) is 18.3 Å². The lowest BCUT2D eigenvalue weighted by atomic mass is 10.1. The molecular weight excluding hydrogens is 400 g/mol. The third-order valence-corrected chi connectivity index (χ3v) is 4.89. The van der Waals surface area contributed by atoms with Crippen molar-refractivity contribution < 1.29 is 9.15 Å². The van der Waals surface area contributed by atoms with E-state index >= 15 is 0 Å². The van der Waals surface area contributed by atoms with Gasteiger partial charge in [-0.1, -0.05) is 23.7 Å². The molecule has 0 N–H and O–H groups in total. The van der Waals surface area contributed by atoms with Gasteiger partial charge in [-0.3, -0.25) is 4.57 Å². The van der Waals surface area contributed by atoms with Crippen molar-refractivity contribution in [1.82, 2.24) is 14.5 Å². The van der Waals surface area contributed by atoms with Crippen LogP contribution in [0.2, 0.25) is 5.02 Å². The Bertz CT molecular complexity index is 1170. The molecule has 0 bridgehead atoms. The van der Waals surface area contributed by atoms with Crippen LogP contribution in [-0.4, -0.2) is 21.1 Å². The minimum absolute atomic E-state index is 0.484. The van der Waals surface area contributed by atoms with E-state index < -0.39 is 0 Å². The number of oxazole rings is 1. The molecule has 0 aliphatic rings. The number of hydrogen-bond donors (Lipinski definition) is 0. The fourth-order valence-corrected chi connectivity index (χ4v) is 3.20. The molecule has 7 heteroatoms. The summed E-state index contributed by atoms with van der Waals surface area (Å²) in [6.45, 7) is 2.42. The summed E-state index contributed by atoms with van der Waals surface area (Å²) in [4.78, 5) is 8.95. The van der Waals surface area contributed by atoms with Gasteiger partial charge in [0.25, 0.3) is 0 Å². The van der Waals surface area contributed by atoms with E-state index in [4.69, 9.17) is 31.0 Å². The zero-order chi connectivity index (χ0) is 20.9. The Hall–Kier alpha value is -3.56. The number of hydrogen-bond acceptors (Lipinski definition) is 5. The van der Waals surface area contributed by atoms with Crippen molar-refractivity contribution in [2.45, 2.75) is 19.8 Å². The first-order valence-electron chi connectivity index (χ1n) is 9.53. The molecule has 0 amide bonds. The minimum Gasteiger partial charge on any atom is -0.494 e. The van der Waals surface area contributed by atoms with Gasteiger partial charge >= 0.3 is 6.01 Å². The lowest BCUT2D eigenvalue weighted by Gasteiger charge is -2.06. The molecule has 4 rings (SSSR count). The second-order valence-electron chi connectivity index (χ2n) is 6.71. The average Bonchev–Trinajstić information content (AvgIpc) is 3.38. The highest BCUT2D eigenvalue weighted by molar-refractivity contribution is 6.30. The molecule has 2 heterocycles. The summed E-state index contributed by atoms with van der Waals surface area (Å²) in [6.07, 6.45) is 4.95. The zero-order valence-corrected chi connectivity index (χ0v) is 17.1. The van der Waals surface area contributed by atoms with Crippen LogP contribution in [0.15, 0.2) is 65.3 Å². The van der Waals surface area contributed by atoms with Gasteiger partial charge < -0.3 is 9.15 Å². The number of nitrogens with zero attached hydrogens (tertiary/aromatic N) is 4. The van der Waals surface area contributed by atoms with Crippen LogP contribution in [0.1, 0.15) is 23.6 Å². The Balaban J connectivity index is 1.50. The molecule has 2 aromatic carbocycles. The molecule has 4 aromatic rings. The van der Waals surface area contributed by atoms with Crippen molar-refractivity contribution >= 4 is 11.6 Å². The van der Waals surface area contributed by atoms with Crippen LogP contribution in [-0.2, 0) is 6.42 Å². The number of ether oxygens (including phenoxy) is 1. The average molecular weight is 419 g/mol. The molecule has 6 nitrogen and oxygen atoms in total. The maximum atomic E-state index is 8.87. The zero-order valence-electron chi connectivity index (χ0n) is 16.4. The lowest BCUT2D eigenvalue weighted by Crippen LogP contribution is -1.99. The van der Waals surface area contributed by atoms with Crippen molar-refractivity contribution in [3.8, 4) is 29.1 Å². The van der Waals surface area contributed by atoms with Gasteiger partial charge in [-0.2, -0.15) is 10.2 Å². The van der Waals surface area contributed by atoms with Gasteiger partial charge in [-0.25, -0.2) is 4.98 Å². The molecular formula is C23H19ClN4O2. The van der Waals surface area contributed by atoms with E-state index in [-0.39, 0.29) is 0 Å². The molecule has 0 unspecified atom stereocenters. The van der Waals surface area contributed by atoms with Crippen molar-refractivity contribution in [2.75, 3.05) is 6.61 Å². The van der Waals surface area contributed by atoms with E-state index in [1.54, 1.807) is 30.5 Å². The van der Waals surface area contributed by atoms with E-state index in [1.807, 2.05) is 42.0 Å². The maximum absolute atomic E-state index is 8.87. The number of nitriles is 1. The Morgan fingerprint density at radius 2 is 1.90 bits per heavy atom. The molecule has 0 radical (unpaired) electrons. The molecule has 0 aliphatic heterocycles. The Morgan fingerprint density at radius 1 is 1.13 bits per heavy atom. The molecule has 0 saturated carbocycles. The van der Waals surface area contributed by atoms with Crippen LogP contribution in [0.25, 0.3) is 17.3 Å². The fourth-order valence-electron chi connectivity index (χ4n) is 3.07. The van der Waals surface area contributed by atoms with Gasteiger partial charge in [0.1, 0.15) is 23.0 Å². The number of halogens is 1. The van der Waals surface area contributed by atoms with Crippen molar-refractivity contribution in [1.29, 1.82) is 5.26 Å². The van der Waals surface area contributed by atoms with Crippen LogP contribution in [0.4, 0.5) is 0 Å². The van der Waals surface area contributed by atoms with Crippen LogP contribution in [0.5, 0.6) is 5.75 Å². The predicted molar refractivity (Wildman–Crippen MR) is 114 cm³/mol. The third-order valence-electron chi connectivity index (χ3n) is 4.64. The lowest BCUT2D eigenvalue weighted by molar-refractivity contribution is 0.306. The minimum atomic E-state index is 0.484. The Kier molecular flexibility index (Phi) is 5.82. The van der Waals surface area contributed by atoms with Gasteiger partial charge in [0.2, 0.25) is 0 Å². The number of aryl methyl sites for hydroxylation is 2. The second-order valence-corrected chi connectivity index (χ2v) is 7.14. The predicted octanol–water partition coefficient (Wildman–Crippen LogP) is 5.37. The molecule has 0 aliphatic carbocycles. The van der Waals surface area contributed by atoms with Gasteiger partial charge in [0, 0.05) is 29.4 Å². The highest BCUT2D eigenvalue weighted by atomic mass is 35.5. The van der Waals surface area contributed by atoms with Gasteiger partial charge in [0.15, 0.2) is 0 Å². The number of rotatable bonds is 7. The van der Waals surface area contributed by atoms with E-state index in [2.05, 4.69) is 11.1 Å². The van der Waals surface area contributed by atoms with Crippen molar-refractivity contribution in [3.05, 3.63) is 83.1 Å². The van der Waals surface area contributed by atoms with Gasteiger partial charge in [-0.05, 0) is 49.7 Å². The second kappa shape index (κ2) is 8.85. The van der Waals surface area contributed by atoms with Gasteiger partial charge in [-0.15, -0.1) is 0 Å². The van der Waals surface area contributed by atoms with Crippen molar-refractivity contribution in [2.24, 2.45) is 0 Å². The van der Waals surface area contributed by atoms with E-state index in [9.17, 15) is 0 Å². The van der Waals surface area contributed by atoms with Gasteiger partial charge in [0.05, 0.1) is 18.2 Å². The smallest absolute Gasteiger partial charge is 0.307 e. The summed E-state index contributed by atoms with van der Waals surface area (Å²) in [5.41, 5.74) is 2.34. The summed E-state index contributed by atoms with van der Waals surface area (Å²) in [5, 5.41) is 9.54. The summed E-state index contributed by atoms with van der Waals surface area (Å²) in [7, 11) is 0. The van der Waals surface area contributed by atoms with Crippen LogP contribution >= 0.6 is 11.6 Å². The highest BCUT2D eigenvalue weighted by Gasteiger charge is 2.17. The molecule has 150 valence electrons. The number of imidazole rings is 1. The molecule has 2 aromatic heterocycles. The third kappa shape index (κ3) is 4.37. The van der Waals surface area contributed by atoms with Crippen LogP contribution < -0.4 is 4.74 Å². The maximum Gasteiger partial charge on any atom is 0.307 e. The molecule has 30 heavy (non-hydrogen) atoms. The molecule has 0 spiro atoms. The topological polar surface area (TPSA) is 76.9 Å². The van der Waals surface area contributed by atoms with E-state index in [1.165, 1.54) is 0 Å². The Labute approximate surface area is 179 Å². The van der Waals surface area contributed by atoms with Crippen molar-refractivity contribution in [3.63, 3.8) is 0 Å². The largest absolute Gasteiger partial charge is 0.494 e.